The molecule has 2 aliphatic heterocycles. The normalized spacial score (nSPS) is 19.9. The van der Waals surface area contributed by atoms with Crippen LogP contribution in [0, 0.1) is 0 Å². The number of hydrogen-bond acceptors (Lipinski definition) is 5. The van der Waals surface area contributed by atoms with Crippen LogP contribution in [-0.2, 0) is 22.4 Å². The van der Waals surface area contributed by atoms with Crippen molar-refractivity contribution in [1.29, 1.82) is 0 Å². The molecule has 1 N–H and O–H groups in total. The van der Waals surface area contributed by atoms with Crippen LogP contribution in [0.15, 0.2) is 54.7 Å². The molecule has 2 heterocycles. The average molecular weight is 428 g/mol. The minimum Gasteiger partial charge on any atom is -0.383 e. The van der Waals surface area contributed by atoms with Crippen molar-refractivity contribution >= 4 is 17.2 Å². The molecule has 4 rings (SSSR count). The fourth-order valence-corrected chi connectivity index (χ4v) is 4.21. The van der Waals surface area contributed by atoms with Crippen LogP contribution in [0.5, 0.6) is 0 Å². The molecule has 2 aromatic rings. The summed E-state index contributed by atoms with van der Waals surface area (Å²) >= 11 is 6.12. The van der Waals surface area contributed by atoms with E-state index in [0.29, 0.717) is 6.61 Å². The lowest BCUT2D eigenvalue weighted by Gasteiger charge is -2.28. The van der Waals surface area contributed by atoms with Crippen LogP contribution in [0.3, 0.4) is 0 Å². The third-order valence-electron chi connectivity index (χ3n) is 5.75. The maximum Gasteiger partial charge on any atom is 0.0653 e. The van der Waals surface area contributed by atoms with Gasteiger partial charge in [-0.1, -0.05) is 48.0 Å². The van der Waals surface area contributed by atoms with Crippen LogP contribution in [-0.4, -0.2) is 62.5 Å². The van der Waals surface area contributed by atoms with Gasteiger partial charge in [-0.25, -0.2) is 5.43 Å². The van der Waals surface area contributed by atoms with Gasteiger partial charge in [-0.2, -0.15) is 0 Å². The zero-order chi connectivity index (χ0) is 20.8. The first kappa shape index (κ1) is 21.3. The number of methoxy groups -OCH3 is 1. The highest BCUT2D eigenvalue weighted by Gasteiger charge is 2.26. The summed E-state index contributed by atoms with van der Waals surface area (Å²) in [5, 5.41) is 2.90. The van der Waals surface area contributed by atoms with Crippen molar-refractivity contribution in [1.82, 2.24) is 15.3 Å². The Balaban J connectivity index is 1.53. The minimum absolute atomic E-state index is 0.203. The number of nitrogens with zero attached hydrogens (tertiary/aromatic N) is 2. The number of rotatable bonds is 8. The number of morpholine rings is 1. The molecule has 0 amide bonds. The Morgan fingerprint density at radius 3 is 2.53 bits per heavy atom. The second kappa shape index (κ2) is 10.4. The number of hydrogen-bond donors (Lipinski definition) is 1. The molecule has 2 aliphatic rings. The van der Waals surface area contributed by atoms with Crippen molar-refractivity contribution in [3.8, 4) is 0 Å². The third-order valence-corrected chi connectivity index (χ3v) is 6.00. The molecule has 5 nitrogen and oxygen atoms in total. The first-order valence-electron chi connectivity index (χ1n) is 10.6. The number of hydrazine groups is 1. The van der Waals surface area contributed by atoms with Crippen molar-refractivity contribution in [3.63, 3.8) is 0 Å². The van der Waals surface area contributed by atoms with Crippen LogP contribution in [0.2, 0.25) is 5.02 Å². The highest BCUT2D eigenvalue weighted by atomic mass is 35.5. The van der Waals surface area contributed by atoms with Gasteiger partial charge in [0.25, 0.3) is 0 Å². The summed E-state index contributed by atoms with van der Waals surface area (Å²) in [6.07, 6.45) is 3.13. The SMILES string of the molecule is COCCN1C=C(c2ccc(Cl)cc2)C(Cc2ccccc2CN2CCOCC2)N1. The molecule has 0 bridgehead atoms. The maximum absolute atomic E-state index is 6.12. The van der Waals surface area contributed by atoms with Crippen LogP contribution < -0.4 is 5.43 Å². The lowest BCUT2D eigenvalue weighted by molar-refractivity contribution is 0.0340. The van der Waals surface area contributed by atoms with Crippen molar-refractivity contribution in [3.05, 3.63) is 76.4 Å². The molecule has 0 saturated carbocycles. The summed E-state index contributed by atoms with van der Waals surface area (Å²) in [6.45, 7) is 6.10. The second-order valence-electron chi connectivity index (χ2n) is 7.82. The van der Waals surface area contributed by atoms with Gasteiger partial charge in [0.05, 0.1) is 32.4 Å². The Kier molecular flexibility index (Phi) is 7.42. The molecule has 160 valence electrons. The minimum atomic E-state index is 0.203. The van der Waals surface area contributed by atoms with Crippen LogP contribution in [0.1, 0.15) is 16.7 Å². The van der Waals surface area contributed by atoms with Crippen LogP contribution in [0.4, 0.5) is 0 Å². The average Bonchev–Trinajstić information content (AvgIpc) is 3.17. The van der Waals surface area contributed by atoms with Gasteiger partial charge in [-0.3, -0.25) is 4.90 Å². The summed E-state index contributed by atoms with van der Waals surface area (Å²) in [5.74, 6) is 0. The molecular formula is C24H30ClN3O2. The molecule has 0 aliphatic carbocycles. The molecule has 0 spiro atoms. The standard InChI is InChI=1S/C24H30ClN3O2/c1-29-13-12-28-18-23(19-6-8-22(25)9-7-19)24(26-28)16-20-4-2-3-5-21(20)17-27-10-14-30-15-11-27/h2-9,18,24,26H,10-17H2,1H3. The molecule has 0 aromatic heterocycles. The van der Waals surface area contributed by atoms with E-state index in [4.69, 9.17) is 21.1 Å². The summed E-state index contributed by atoms with van der Waals surface area (Å²) in [6, 6.07) is 17.1. The van der Waals surface area contributed by atoms with E-state index in [2.05, 4.69) is 57.9 Å². The molecule has 1 atom stereocenters. The van der Waals surface area contributed by atoms with Crippen molar-refractivity contribution in [2.24, 2.45) is 0 Å². The van der Waals surface area contributed by atoms with Crippen molar-refractivity contribution in [2.75, 3.05) is 46.6 Å². The Morgan fingerprint density at radius 2 is 1.80 bits per heavy atom. The summed E-state index contributed by atoms with van der Waals surface area (Å²) < 4.78 is 10.8. The van der Waals surface area contributed by atoms with Gasteiger partial charge in [0.2, 0.25) is 0 Å². The van der Waals surface area contributed by atoms with Gasteiger partial charge in [0, 0.05) is 38.0 Å². The molecule has 0 radical (unpaired) electrons. The van der Waals surface area contributed by atoms with E-state index >= 15 is 0 Å². The number of benzene rings is 2. The predicted molar refractivity (Wildman–Crippen MR) is 121 cm³/mol. The van der Waals surface area contributed by atoms with Gasteiger partial charge in [-0.05, 0) is 40.8 Å². The van der Waals surface area contributed by atoms with Gasteiger partial charge < -0.3 is 14.5 Å². The van der Waals surface area contributed by atoms with E-state index in [1.165, 1.54) is 22.3 Å². The molecule has 2 aromatic carbocycles. The highest BCUT2D eigenvalue weighted by molar-refractivity contribution is 6.30. The molecule has 1 unspecified atom stereocenters. The third kappa shape index (κ3) is 5.42. The summed E-state index contributed by atoms with van der Waals surface area (Å²) in [7, 11) is 1.74. The van der Waals surface area contributed by atoms with Gasteiger partial charge in [0.15, 0.2) is 0 Å². The van der Waals surface area contributed by atoms with E-state index in [1.807, 2.05) is 12.1 Å². The number of ether oxygens (including phenoxy) is 2. The Hall–Kier alpha value is -1.89. The van der Waals surface area contributed by atoms with E-state index in [-0.39, 0.29) is 6.04 Å². The van der Waals surface area contributed by atoms with Gasteiger partial charge >= 0.3 is 0 Å². The zero-order valence-electron chi connectivity index (χ0n) is 17.5. The molecule has 1 saturated heterocycles. The lowest BCUT2D eigenvalue weighted by atomic mass is 9.93. The van der Waals surface area contributed by atoms with Crippen molar-refractivity contribution in [2.45, 2.75) is 19.0 Å². The quantitative estimate of drug-likeness (QED) is 0.696. The van der Waals surface area contributed by atoms with Gasteiger partial charge in [-0.15, -0.1) is 0 Å². The Labute approximate surface area is 184 Å². The van der Waals surface area contributed by atoms with Crippen LogP contribution in [0.25, 0.3) is 5.57 Å². The summed E-state index contributed by atoms with van der Waals surface area (Å²) in [5.41, 5.74) is 8.92. The van der Waals surface area contributed by atoms with Crippen molar-refractivity contribution < 1.29 is 9.47 Å². The highest BCUT2D eigenvalue weighted by Crippen LogP contribution is 2.28. The molecular weight excluding hydrogens is 398 g/mol. The maximum atomic E-state index is 6.12. The molecule has 30 heavy (non-hydrogen) atoms. The topological polar surface area (TPSA) is 37.0 Å². The fraction of sp³-hybridized carbons (Fsp3) is 0.417. The first-order chi connectivity index (χ1) is 14.7. The largest absolute Gasteiger partial charge is 0.383 e. The lowest BCUT2D eigenvalue weighted by Crippen LogP contribution is -2.39. The fourth-order valence-electron chi connectivity index (χ4n) is 4.09. The molecule has 6 heteroatoms. The predicted octanol–water partition coefficient (Wildman–Crippen LogP) is 3.59. The smallest absolute Gasteiger partial charge is 0.0653 e. The zero-order valence-corrected chi connectivity index (χ0v) is 18.3. The number of nitrogens with one attached hydrogen (secondary N) is 1. The summed E-state index contributed by atoms with van der Waals surface area (Å²) in [4.78, 5) is 2.48. The Bertz CT molecular complexity index is 850. The van der Waals surface area contributed by atoms with E-state index in [1.54, 1.807) is 7.11 Å². The molecule has 1 fully saturated rings. The van der Waals surface area contributed by atoms with Crippen LogP contribution >= 0.6 is 11.6 Å². The number of halogens is 1. The second-order valence-corrected chi connectivity index (χ2v) is 8.26. The van der Waals surface area contributed by atoms with E-state index in [0.717, 1.165) is 50.8 Å². The van der Waals surface area contributed by atoms with E-state index < -0.39 is 0 Å². The first-order valence-corrected chi connectivity index (χ1v) is 11.0. The van der Waals surface area contributed by atoms with Gasteiger partial charge in [0.1, 0.15) is 0 Å². The van der Waals surface area contributed by atoms with E-state index in [9.17, 15) is 0 Å². The Morgan fingerprint density at radius 1 is 1.07 bits per heavy atom. The monoisotopic (exact) mass is 427 g/mol.